The lowest BCUT2D eigenvalue weighted by Gasteiger charge is -2.35. The van der Waals surface area contributed by atoms with Gasteiger partial charge in [0.15, 0.2) is 0 Å². The smallest absolute Gasteiger partial charge is 0.242 e. The van der Waals surface area contributed by atoms with Gasteiger partial charge in [-0.2, -0.15) is 5.26 Å². The molecule has 0 spiro atoms. The zero-order valence-corrected chi connectivity index (χ0v) is 11.3. The lowest BCUT2D eigenvalue weighted by Crippen LogP contribution is -2.54. The van der Waals surface area contributed by atoms with Gasteiger partial charge in [0.25, 0.3) is 0 Å². The summed E-state index contributed by atoms with van der Waals surface area (Å²) in [5.74, 6) is 0.0136. The molecule has 1 atom stereocenters. The summed E-state index contributed by atoms with van der Waals surface area (Å²) in [6, 6.07) is 7.79. The SMILES string of the molecule is CSc1cccc(N2CCNC(=O)C2C)c1C#N. The van der Waals surface area contributed by atoms with Crippen LogP contribution in [-0.2, 0) is 4.79 Å². The van der Waals surface area contributed by atoms with Crippen molar-refractivity contribution in [3.63, 3.8) is 0 Å². The van der Waals surface area contributed by atoms with Crippen LogP contribution >= 0.6 is 11.8 Å². The van der Waals surface area contributed by atoms with Gasteiger partial charge in [-0.25, -0.2) is 0 Å². The first-order valence-corrected chi connectivity index (χ1v) is 7.03. The Labute approximate surface area is 111 Å². The number of nitrogens with one attached hydrogen (secondary N) is 1. The largest absolute Gasteiger partial charge is 0.357 e. The number of thioether (sulfide) groups is 1. The van der Waals surface area contributed by atoms with E-state index in [4.69, 9.17) is 0 Å². The van der Waals surface area contributed by atoms with Gasteiger partial charge in [-0.1, -0.05) is 6.07 Å². The fraction of sp³-hybridized carbons (Fsp3) is 0.385. The fourth-order valence-corrected chi connectivity index (χ4v) is 2.72. The van der Waals surface area contributed by atoms with Crippen molar-refractivity contribution >= 4 is 23.4 Å². The van der Waals surface area contributed by atoms with Crippen molar-refractivity contribution in [2.24, 2.45) is 0 Å². The lowest BCUT2D eigenvalue weighted by atomic mass is 10.1. The van der Waals surface area contributed by atoms with Gasteiger partial charge in [0.05, 0.1) is 11.3 Å². The number of rotatable bonds is 2. The summed E-state index contributed by atoms with van der Waals surface area (Å²) < 4.78 is 0. The number of hydrogen-bond acceptors (Lipinski definition) is 4. The van der Waals surface area contributed by atoms with Gasteiger partial charge >= 0.3 is 0 Å². The van der Waals surface area contributed by atoms with Crippen molar-refractivity contribution in [1.82, 2.24) is 5.32 Å². The zero-order chi connectivity index (χ0) is 13.1. The van der Waals surface area contributed by atoms with Crippen LogP contribution in [0.4, 0.5) is 5.69 Å². The minimum atomic E-state index is -0.233. The molecule has 1 aromatic carbocycles. The van der Waals surface area contributed by atoms with Gasteiger partial charge in [-0.05, 0) is 25.3 Å². The Morgan fingerprint density at radius 2 is 2.33 bits per heavy atom. The molecule has 0 saturated carbocycles. The van der Waals surface area contributed by atoms with Gasteiger partial charge in [0.2, 0.25) is 5.91 Å². The summed E-state index contributed by atoms with van der Waals surface area (Å²) in [5, 5.41) is 12.2. The monoisotopic (exact) mass is 261 g/mol. The molecule has 1 amide bonds. The number of piperazine rings is 1. The van der Waals surface area contributed by atoms with Gasteiger partial charge in [-0.3, -0.25) is 4.79 Å². The van der Waals surface area contributed by atoms with Crippen molar-refractivity contribution in [3.8, 4) is 6.07 Å². The number of amides is 1. The van der Waals surface area contributed by atoms with Crippen LogP contribution in [0.15, 0.2) is 23.1 Å². The van der Waals surface area contributed by atoms with Crippen LogP contribution in [0.1, 0.15) is 12.5 Å². The molecule has 1 N–H and O–H groups in total. The van der Waals surface area contributed by atoms with Gasteiger partial charge in [0, 0.05) is 18.0 Å². The topological polar surface area (TPSA) is 56.1 Å². The first kappa shape index (κ1) is 12.8. The number of carbonyl (C=O) groups is 1. The highest BCUT2D eigenvalue weighted by molar-refractivity contribution is 7.98. The molecule has 1 saturated heterocycles. The van der Waals surface area contributed by atoms with Crippen molar-refractivity contribution < 1.29 is 4.79 Å². The molecule has 0 radical (unpaired) electrons. The second-order valence-corrected chi connectivity index (χ2v) is 4.97. The van der Waals surface area contributed by atoms with E-state index >= 15 is 0 Å². The third kappa shape index (κ3) is 2.16. The highest BCUT2D eigenvalue weighted by Crippen LogP contribution is 2.30. The normalized spacial score (nSPS) is 19.3. The Hall–Kier alpha value is -1.67. The number of nitrogens with zero attached hydrogens (tertiary/aromatic N) is 2. The van der Waals surface area contributed by atoms with Crippen LogP contribution in [0.3, 0.4) is 0 Å². The molecule has 0 aromatic heterocycles. The molecule has 1 aliphatic rings. The van der Waals surface area contributed by atoms with Crippen LogP contribution in [0.2, 0.25) is 0 Å². The molecule has 0 aliphatic carbocycles. The van der Waals surface area contributed by atoms with Crippen LogP contribution in [0.25, 0.3) is 0 Å². The minimum Gasteiger partial charge on any atom is -0.357 e. The number of hydrogen-bond donors (Lipinski definition) is 1. The average molecular weight is 261 g/mol. The highest BCUT2D eigenvalue weighted by atomic mass is 32.2. The molecule has 1 aromatic rings. The van der Waals surface area contributed by atoms with Crippen LogP contribution in [-0.4, -0.2) is 31.3 Å². The predicted molar refractivity (Wildman–Crippen MR) is 72.8 cm³/mol. The lowest BCUT2D eigenvalue weighted by molar-refractivity contribution is -0.122. The molecule has 1 heterocycles. The molecule has 1 unspecified atom stereocenters. The van der Waals surface area contributed by atoms with E-state index in [0.717, 1.165) is 17.1 Å². The Kier molecular flexibility index (Phi) is 3.78. The first-order chi connectivity index (χ1) is 8.69. The molecule has 0 bridgehead atoms. The molecule has 2 rings (SSSR count). The second-order valence-electron chi connectivity index (χ2n) is 4.13. The van der Waals surface area contributed by atoms with E-state index in [-0.39, 0.29) is 11.9 Å². The van der Waals surface area contributed by atoms with Crippen molar-refractivity contribution in [2.45, 2.75) is 17.9 Å². The first-order valence-electron chi connectivity index (χ1n) is 5.80. The van der Waals surface area contributed by atoms with E-state index in [2.05, 4.69) is 11.4 Å². The summed E-state index contributed by atoms with van der Waals surface area (Å²) in [5.41, 5.74) is 1.51. The van der Waals surface area contributed by atoms with Crippen LogP contribution < -0.4 is 10.2 Å². The second kappa shape index (κ2) is 5.32. The number of carbonyl (C=O) groups excluding carboxylic acids is 1. The highest BCUT2D eigenvalue weighted by Gasteiger charge is 2.27. The predicted octanol–water partition coefficient (Wildman–Crippen LogP) is 1.60. The number of nitriles is 1. The maximum atomic E-state index is 11.7. The molecular weight excluding hydrogens is 246 g/mol. The van der Waals surface area contributed by atoms with Crippen LogP contribution in [0.5, 0.6) is 0 Å². The Bertz CT molecular complexity index is 509. The zero-order valence-electron chi connectivity index (χ0n) is 10.4. The summed E-state index contributed by atoms with van der Waals surface area (Å²) in [4.78, 5) is 14.6. The quantitative estimate of drug-likeness (QED) is 0.822. The van der Waals surface area contributed by atoms with Gasteiger partial charge in [-0.15, -0.1) is 11.8 Å². The van der Waals surface area contributed by atoms with E-state index in [1.807, 2.05) is 36.3 Å². The standard InChI is InChI=1S/C13H15N3OS/c1-9-13(17)15-6-7-16(9)11-4-3-5-12(18-2)10(11)8-14/h3-5,9H,6-7H2,1-2H3,(H,15,17). The summed E-state index contributed by atoms with van der Waals surface area (Å²) in [7, 11) is 0. The molecule has 94 valence electrons. The third-order valence-corrected chi connectivity index (χ3v) is 3.92. The van der Waals surface area contributed by atoms with Crippen molar-refractivity contribution in [3.05, 3.63) is 23.8 Å². The van der Waals surface area contributed by atoms with E-state index < -0.39 is 0 Å². The Balaban J connectivity index is 2.44. The summed E-state index contributed by atoms with van der Waals surface area (Å²) in [6.07, 6.45) is 1.95. The molecule has 1 fully saturated rings. The molecule has 4 nitrogen and oxygen atoms in total. The van der Waals surface area contributed by atoms with E-state index in [1.54, 1.807) is 11.8 Å². The average Bonchev–Trinajstić information content (AvgIpc) is 2.41. The Morgan fingerprint density at radius 3 is 3.00 bits per heavy atom. The van der Waals surface area contributed by atoms with Crippen LogP contribution in [0, 0.1) is 11.3 Å². The maximum Gasteiger partial charge on any atom is 0.242 e. The maximum absolute atomic E-state index is 11.7. The summed E-state index contributed by atoms with van der Waals surface area (Å²) in [6.45, 7) is 3.22. The number of benzene rings is 1. The fourth-order valence-electron chi connectivity index (χ4n) is 2.15. The summed E-state index contributed by atoms with van der Waals surface area (Å²) >= 11 is 1.55. The van der Waals surface area contributed by atoms with Gasteiger partial charge in [0.1, 0.15) is 12.1 Å². The minimum absolute atomic E-state index is 0.0136. The molecule has 18 heavy (non-hydrogen) atoms. The number of anilines is 1. The van der Waals surface area contributed by atoms with E-state index in [0.29, 0.717) is 12.1 Å². The van der Waals surface area contributed by atoms with Gasteiger partial charge < -0.3 is 10.2 Å². The van der Waals surface area contributed by atoms with Crippen molar-refractivity contribution in [2.75, 3.05) is 24.2 Å². The Morgan fingerprint density at radius 1 is 1.56 bits per heavy atom. The molecule has 5 heteroatoms. The third-order valence-electron chi connectivity index (χ3n) is 3.14. The van der Waals surface area contributed by atoms with Crippen molar-refractivity contribution in [1.29, 1.82) is 5.26 Å². The molecular formula is C13H15N3OS. The van der Waals surface area contributed by atoms with E-state index in [9.17, 15) is 10.1 Å². The molecule has 1 aliphatic heterocycles. The van der Waals surface area contributed by atoms with E-state index in [1.165, 1.54) is 0 Å².